The predicted octanol–water partition coefficient (Wildman–Crippen LogP) is 3.56. The zero-order chi connectivity index (χ0) is 30.8. The molecule has 0 bridgehead atoms. The minimum atomic E-state index is -0.486. The second-order valence-electron chi connectivity index (χ2n) is 11.0. The van der Waals surface area contributed by atoms with E-state index in [0.717, 1.165) is 53.9 Å². The van der Waals surface area contributed by atoms with Gasteiger partial charge in [-0.3, -0.25) is 14.5 Å². The van der Waals surface area contributed by atoms with Crippen LogP contribution in [0.15, 0.2) is 73.1 Å². The first-order valence-electron chi connectivity index (χ1n) is 14.3. The summed E-state index contributed by atoms with van der Waals surface area (Å²) in [5, 5.41) is 16.1. The van der Waals surface area contributed by atoms with Gasteiger partial charge in [0.05, 0.1) is 48.6 Å². The third-order valence-electron chi connectivity index (χ3n) is 8.12. The Morgan fingerprint density at radius 2 is 1.64 bits per heavy atom. The fraction of sp³-hybridized carbons (Fsp3) is 0.242. The number of likely N-dealkylation sites (N-methyl/N-ethyl adjacent to an activating group) is 2. The van der Waals surface area contributed by atoms with E-state index in [1.165, 1.54) is 7.11 Å². The molecule has 2 amide bonds. The topological polar surface area (TPSA) is 120 Å². The van der Waals surface area contributed by atoms with Gasteiger partial charge in [0.25, 0.3) is 5.91 Å². The van der Waals surface area contributed by atoms with Gasteiger partial charge >= 0.3 is 5.97 Å². The molecule has 2 aliphatic rings. The highest BCUT2D eigenvalue weighted by molar-refractivity contribution is 6.37. The van der Waals surface area contributed by atoms with Crippen molar-refractivity contribution in [2.45, 2.75) is 0 Å². The normalized spacial score (nSPS) is 16.3. The van der Waals surface area contributed by atoms with Gasteiger partial charge in [-0.25, -0.2) is 4.79 Å². The summed E-state index contributed by atoms with van der Waals surface area (Å²) in [7, 11) is 5.20. The van der Waals surface area contributed by atoms with E-state index in [0.29, 0.717) is 34.6 Å². The Morgan fingerprint density at radius 1 is 0.932 bits per heavy atom. The first-order chi connectivity index (χ1) is 21.3. The monoisotopic (exact) mass is 591 g/mol. The van der Waals surface area contributed by atoms with Crippen molar-refractivity contribution < 1.29 is 19.1 Å². The highest BCUT2D eigenvalue weighted by Gasteiger charge is 2.30. The lowest BCUT2D eigenvalue weighted by molar-refractivity contribution is -0.119. The largest absolute Gasteiger partial charge is 0.465 e. The summed E-state index contributed by atoms with van der Waals surface area (Å²) in [6, 6.07) is 18.3. The van der Waals surface area contributed by atoms with E-state index in [-0.39, 0.29) is 11.8 Å². The van der Waals surface area contributed by atoms with Crippen molar-refractivity contribution in [2.24, 2.45) is 0 Å². The molecule has 224 valence electrons. The molecule has 0 radical (unpaired) electrons. The van der Waals surface area contributed by atoms with E-state index in [1.54, 1.807) is 42.5 Å². The molecule has 1 fully saturated rings. The van der Waals surface area contributed by atoms with Crippen LogP contribution in [0.1, 0.15) is 21.5 Å². The number of nitrogens with zero attached hydrogens (tertiary/aromatic N) is 5. The first-order valence-corrected chi connectivity index (χ1v) is 14.3. The number of methoxy groups -OCH3 is 1. The molecule has 0 aliphatic carbocycles. The lowest BCUT2D eigenvalue weighted by atomic mass is 9.98. The number of aromatic nitrogens is 2. The number of carbonyl (C=O) groups excluding carboxylic acids is 3. The van der Waals surface area contributed by atoms with Crippen LogP contribution in [0.4, 0.5) is 17.1 Å². The van der Waals surface area contributed by atoms with Gasteiger partial charge in [-0.2, -0.15) is 10.2 Å². The molecular weight excluding hydrogens is 558 g/mol. The number of anilines is 3. The molecule has 3 heterocycles. The number of hydrogen-bond acceptors (Lipinski definition) is 9. The average molecular weight is 592 g/mol. The summed E-state index contributed by atoms with van der Waals surface area (Å²) in [5.74, 6) is -0.758. The Balaban J connectivity index is 1.32. The van der Waals surface area contributed by atoms with Crippen molar-refractivity contribution in [1.82, 2.24) is 20.0 Å². The Kier molecular flexibility index (Phi) is 8.05. The fourth-order valence-corrected chi connectivity index (χ4v) is 5.46. The summed E-state index contributed by atoms with van der Waals surface area (Å²) in [4.78, 5) is 44.7. The van der Waals surface area contributed by atoms with Gasteiger partial charge < -0.3 is 25.2 Å². The molecule has 0 saturated carbocycles. The third kappa shape index (κ3) is 5.87. The van der Waals surface area contributed by atoms with Crippen molar-refractivity contribution in [3.8, 4) is 0 Å². The van der Waals surface area contributed by atoms with Crippen LogP contribution < -0.4 is 15.5 Å². The number of carbonyl (C=O) groups is 3. The molecule has 44 heavy (non-hydrogen) atoms. The molecule has 11 heteroatoms. The van der Waals surface area contributed by atoms with E-state index < -0.39 is 5.97 Å². The fourth-order valence-electron chi connectivity index (χ4n) is 5.46. The number of nitrogens with one attached hydrogen (secondary N) is 2. The molecule has 0 spiro atoms. The van der Waals surface area contributed by atoms with Crippen LogP contribution in [0.25, 0.3) is 22.0 Å². The summed E-state index contributed by atoms with van der Waals surface area (Å²) in [6.07, 6.45) is 3.36. The Labute approximate surface area is 255 Å². The minimum Gasteiger partial charge on any atom is -0.465 e. The van der Waals surface area contributed by atoms with Crippen LogP contribution in [0.5, 0.6) is 0 Å². The lowest BCUT2D eigenvalue weighted by Gasteiger charge is -2.32. The Bertz CT molecular complexity index is 1780. The van der Waals surface area contributed by atoms with Crippen LogP contribution in [0, 0.1) is 0 Å². The number of hydrogen-bond donors (Lipinski definition) is 2. The zero-order valence-electron chi connectivity index (χ0n) is 24.8. The number of rotatable bonds is 7. The highest BCUT2D eigenvalue weighted by atomic mass is 16.5. The lowest BCUT2D eigenvalue weighted by Crippen LogP contribution is -2.48. The number of ether oxygens (including phenoxy) is 1. The van der Waals surface area contributed by atoms with Crippen LogP contribution in [0.2, 0.25) is 0 Å². The highest BCUT2D eigenvalue weighted by Crippen LogP contribution is 2.39. The van der Waals surface area contributed by atoms with Crippen LogP contribution in [0.3, 0.4) is 0 Å². The number of fused-ring (bicyclic) bond motifs is 2. The summed E-state index contributed by atoms with van der Waals surface area (Å²) < 4.78 is 4.85. The Morgan fingerprint density at radius 3 is 2.36 bits per heavy atom. The van der Waals surface area contributed by atoms with Gasteiger partial charge in [-0.1, -0.05) is 18.2 Å². The molecule has 2 aliphatic heterocycles. The molecule has 0 atom stereocenters. The van der Waals surface area contributed by atoms with E-state index in [1.807, 2.05) is 42.5 Å². The standard InChI is InChI=1S/C33H33N7O4/c1-38-12-14-40(15-13-38)20-29(41)39(2)26-9-7-25(8-10-26)36-31(21-4-5-23-18-34-35-19-24(23)16-21)30-27-11-6-22(33(43)44-3)17-28(27)37-32(30)42/h4-11,16-19,36H,12-15,20H2,1-3H3,(H,37,42)/b31-30-. The first kappa shape index (κ1) is 29.0. The second kappa shape index (κ2) is 12.2. The minimum absolute atomic E-state index is 0.0305. The van der Waals surface area contributed by atoms with Gasteiger partial charge in [0.2, 0.25) is 5.91 Å². The van der Waals surface area contributed by atoms with Crippen molar-refractivity contribution >= 4 is 56.9 Å². The molecule has 11 nitrogen and oxygen atoms in total. The molecule has 2 N–H and O–H groups in total. The van der Waals surface area contributed by atoms with Gasteiger partial charge in [0.15, 0.2) is 0 Å². The maximum Gasteiger partial charge on any atom is 0.337 e. The molecule has 4 aromatic rings. The van der Waals surface area contributed by atoms with Crippen molar-refractivity contribution in [2.75, 3.05) is 69.5 Å². The molecule has 0 unspecified atom stereocenters. The molecular formula is C33H33N7O4. The molecule has 6 rings (SSSR count). The maximum absolute atomic E-state index is 13.5. The average Bonchev–Trinajstić information content (AvgIpc) is 3.38. The predicted molar refractivity (Wildman–Crippen MR) is 170 cm³/mol. The van der Waals surface area contributed by atoms with E-state index in [4.69, 9.17) is 4.74 Å². The maximum atomic E-state index is 13.5. The molecule has 3 aromatic carbocycles. The second-order valence-corrected chi connectivity index (χ2v) is 11.0. The summed E-state index contributed by atoms with van der Waals surface area (Å²) >= 11 is 0. The van der Waals surface area contributed by atoms with Gasteiger partial charge in [0, 0.05) is 60.9 Å². The SMILES string of the molecule is COC(=O)c1ccc2c(c1)NC(=O)/C2=C(\Nc1ccc(N(C)C(=O)CN2CCN(C)CC2)cc1)c1ccc2cnncc2c1. The van der Waals surface area contributed by atoms with Gasteiger partial charge in [-0.15, -0.1) is 0 Å². The zero-order valence-corrected chi connectivity index (χ0v) is 24.8. The van der Waals surface area contributed by atoms with E-state index in [9.17, 15) is 14.4 Å². The number of benzene rings is 3. The van der Waals surface area contributed by atoms with E-state index in [2.05, 4.69) is 37.7 Å². The number of piperazine rings is 1. The smallest absolute Gasteiger partial charge is 0.337 e. The summed E-state index contributed by atoms with van der Waals surface area (Å²) in [5.41, 5.74) is 4.81. The molecule has 1 aromatic heterocycles. The van der Waals surface area contributed by atoms with Crippen LogP contribution >= 0.6 is 0 Å². The Hall–Kier alpha value is -5.13. The third-order valence-corrected chi connectivity index (χ3v) is 8.12. The van der Waals surface area contributed by atoms with Crippen molar-refractivity contribution in [1.29, 1.82) is 0 Å². The van der Waals surface area contributed by atoms with E-state index >= 15 is 0 Å². The van der Waals surface area contributed by atoms with Gasteiger partial charge in [-0.05, 0) is 55.1 Å². The van der Waals surface area contributed by atoms with Crippen molar-refractivity contribution in [3.63, 3.8) is 0 Å². The van der Waals surface area contributed by atoms with Crippen LogP contribution in [-0.4, -0.2) is 91.7 Å². The number of esters is 1. The summed E-state index contributed by atoms with van der Waals surface area (Å²) in [6.45, 7) is 4.03. The quantitative estimate of drug-likeness (QED) is 0.246. The van der Waals surface area contributed by atoms with Crippen LogP contribution in [-0.2, 0) is 14.3 Å². The molecule has 1 saturated heterocycles. The van der Waals surface area contributed by atoms with Gasteiger partial charge in [0.1, 0.15) is 0 Å². The van der Waals surface area contributed by atoms with Crippen molar-refractivity contribution in [3.05, 3.63) is 89.7 Å². The number of amides is 2.